The van der Waals surface area contributed by atoms with Gasteiger partial charge in [-0.2, -0.15) is 0 Å². The summed E-state index contributed by atoms with van der Waals surface area (Å²) in [7, 11) is 4.08. The summed E-state index contributed by atoms with van der Waals surface area (Å²) in [6, 6.07) is 1.37. The lowest BCUT2D eigenvalue weighted by atomic mass is 10.00. The zero-order valence-electron chi connectivity index (χ0n) is 13.0. The van der Waals surface area contributed by atoms with Gasteiger partial charge in [0.05, 0.1) is 6.61 Å². The van der Waals surface area contributed by atoms with Crippen molar-refractivity contribution >= 4 is 0 Å². The quantitative estimate of drug-likeness (QED) is 0.744. The van der Waals surface area contributed by atoms with Crippen LogP contribution in [0.4, 0.5) is 0 Å². The van der Waals surface area contributed by atoms with Gasteiger partial charge in [-0.3, -0.25) is 4.90 Å². The maximum atomic E-state index is 5.47. The van der Waals surface area contributed by atoms with Gasteiger partial charge in [0.2, 0.25) is 0 Å². The zero-order chi connectivity index (χ0) is 13.7. The Hall–Kier alpha value is -0.160. The molecule has 19 heavy (non-hydrogen) atoms. The minimum absolute atomic E-state index is 0.596. The molecule has 0 N–H and O–H groups in total. The number of piperazine rings is 1. The Balaban J connectivity index is 1.90. The molecule has 0 aliphatic carbocycles. The highest BCUT2D eigenvalue weighted by Gasteiger charge is 2.32. The van der Waals surface area contributed by atoms with E-state index in [-0.39, 0.29) is 0 Å². The van der Waals surface area contributed by atoms with Gasteiger partial charge in [0.15, 0.2) is 0 Å². The smallest absolute Gasteiger partial charge is 0.0630 e. The molecule has 0 spiro atoms. The third kappa shape index (κ3) is 4.15. The fraction of sp³-hybridized carbons (Fsp3) is 1.00. The fourth-order valence-corrected chi connectivity index (χ4v) is 3.60. The van der Waals surface area contributed by atoms with Crippen LogP contribution in [-0.4, -0.2) is 86.8 Å². The fourth-order valence-electron chi connectivity index (χ4n) is 3.60. The normalized spacial score (nSPS) is 28.9. The van der Waals surface area contributed by atoms with E-state index in [1.807, 2.05) is 7.11 Å². The largest absolute Gasteiger partial charge is 0.383 e. The molecule has 2 fully saturated rings. The highest BCUT2D eigenvalue weighted by Crippen LogP contribution is 2.21. The maximum absolute atomic E-state index is 5.47. The summed E-state index contributed by atoms with van der Waals surface area (Å²) in [5.41, 5.74) is 0. The average Bonchev–Trinajstić information content (AvgIpc) is 2.41. The van der Waals surface area contributed by atoms with Gasteiger partial charge >= 0.3 is 0 Å². The van der Waals surface area contributed by atoms with Crippen LogP contribution in [0.1, 0.15) is 26.2 Å². The predicted octanol–water partition coefficient (Wildman–Crippen LogP) is 1.12. The Morgan fingerprint density at radius 2 is 1.84 bits per heavy atom. The minimum Gasteiger partial charge on any atom is -0.383 e. The number of rotatable bonds is 5. The standard InChI is InChI=1S/C15H31N3O/c1-4-7-17-10-11-18(15(12-17)13-19-3)14-5-8-16(2)9-6-14/h14-15H,4-13H2,1-3H3. The number of piperidine rings is 1. The van der Waals surface area contributed by atoms with E-state index in [0.717, 1.165) is 12.6 Å². The Morgan fingerprint density at radius 1 is 1.11 bits per heavy atom. The van der Waals surface area contributed by atoms with Gasteiger partial charge in [-0.05, 0) is 45.9 Å². The third-order valence-electron chi connectivity index (χ3n) is 4.67. The Bertz CT molecular complexity index is 254. The molecule has 1 unspecified atom stereocenters. The summed E-state index contributed by atoms with van der Waals surface area (Å²) in [6.07, 6.45) is 3.91. The molecule has 2 aliphatic heterocycles. The number of nitrogens with zero attached hydrogens (tertiary/aromatic N) is 3. The molecule has 1 atom stereocenters. The van der Waals surface area contributed by atoms with Crippen molar-refractivity contribution in [2.45, 2.75) is 38.3 Å². The predicted molar refractivity (Wildman–Crippen MR) is 79.6 cm³/mol. The molecule has 0 bridgehead atoms. The van der Waals surface area contributed by atoms with E-state index >= 15 is 0 Å². The van der Waals surface area contributed by atoms with Gasteiger partial charge < -0.3 is 14.5 Å². The van der Waals surface area contributed by atoms with Crippen molar-refractivity contribution in [3.8, 4) is 0 Å². The SMILES string of the molecule is CCCN1CCN(C2CCN(C)CC2)C(COC)C1. The summed E-state index contributed by atoms with van der Waals surface area (Å²) in [4.78, 5) is 7.80. The van der Waals surface area contributed by atoms with Crippen LogP contribution in [0.15, 0.2) is 0 Å². The van der Waals surface area contributed by atoms with E-state index in [2.05, 4.69) is 28.7 Å². The van der Waals surface area contributed by atoms with E-state index in [4.69, 9.17) is 4.74 Å². The second kappa shape index (κ2) is 7.58. The summed E-state index contributed by atoms with van der Waals surface area (Å²) in [5, 5.41) is 0. The summed E-state index contributed by atoms with van der Waals surface area (Å²) >= 11 is 0. The number of ether oxygens (including phenoxy) is 1. The molecule has 0 aromatic heterocycles. The molecule has 4 heteroatoms. The van der Waals surface area contributed by atoms with E-state index in [1.165, 1.54) is 58.5 Å². The highest BCUT2D eigenvalue weighted by molar-refractivity contribution is 4.88. The van der Waals surface area contributed by atoms with Crippen molar-refractivity contribution in [2.75, 3.05) is 60.0 Å². The first kappa shape index (κ1) is 15.2. The molecule has 2 rings (SSSR count). The molecule has 2 saturated heterocycles. The number of hydrogen-bond donors (Lipinski definition) is 0. The van der Waals surface area contributed by atoms with Gasteiger partial charge in [0.25, 0.3) is 0 Å². The minimum atomic E-state index is 0.596. The molecule has 2 heterocycles. The van der Waals surface area contributed by atoms with Crippen molar-refractivity contribution in [2.24, 2.45) is 0 Å². The van der Waals surface area contributed by atoms with Crippen molar-refractivity contribution in [3.05, 3.63) is 0 Å². The van der Waals surface area contributed by atoms with Crippen LogP contribution in [0.25, 0.3) is 0 Å². The average molecular weight is 269 g/mol. The topological polar surface area (TPSA) is 19.0 Å². The van der Waals surface area contributed by atoms with Gasteiger partial charge in [-0.25, -0.2) is 0 Å². The summed E-state index contributed by atoms with van der Waals surface area (Å²) in [5.74, 6) is 0. The first-order valence-electron chi connectivity index (χ1n) is 7.90. The lowest BCUT2D eigenvalue weighted by Crippen LogP contribution is -2.59. The van der Waals surface area contributed by atoms with Crippen LogP contribution >= 0.6 is 0 Å². The van der Waals surface area contributed by atoms with E-state index in [9.17, 15) is 0 Å². The van der Waals surface area contributed by atoms with Gasteiger partial charge in [-0.1, -0.05) is 6.92 Å². The van der Waals surface area contributed by atoms with Crippen LogP contribution in [0.3, 0.4) is 0 Å². The molecule has 0 amide bonds. The second-order valence-electron chi connectivity index (χ2n) is 6.18. The molecule has 0 saturated carbocycles. The van der Waals surface area contributed by atoms with Crippen molar-refractivity contribution in [1.29, 1.82) is 0 Å². The van der Waals surface area contributed by atoms with Crippen LogP contribution in [0.5, 0.6) is 0 Å². The first-order chi connectivity index (χ1) is 9.24. The lowest BCUT2D eigenvalue weighted by molar-refractivity contribution is -0.0142. The summed E-state index contributed by atoms with van der Waals surface area (Å²) < 4.78 is 5.47. The van der Waals surface area contributed by atoms with Crippen LogP contribution < -0.4 is 0 Å². The van der Waals surface area contributed by atoms with E-state index in [1.54, 1.807) is 0 Å². The lowest BCUT2D eigenvalue weighted by Gasteiger charge is -2.47. The third-order valence-corrected chi connectivity index (χ3v) is 4.67. The number of methoxy groups -OCH3 is 1. The first-order valence-corrected chi connectivity index (χ1v) is 7.90. The Kier molecular flexibility index (Phi) is 6.07. The molecule has 4 nitrogen and oxygen atoms in total. The molecular weight excluding hydrogens is 238 g/mol. The summed E-state index contributed by atoms with van der Waals surface area (Å²) in [6.45, 7) is 10.5. The highest BCUT2D eigenvalue weighted by atomic mass is 16.5. The second-order valence-corrected chi connectivity index (χ2v) is 6.18. The monoisotopic (exact) mass is 269 g/mol. The molecule has 2 aliphatic rings. The van der Waals surface area contributed by atoms with Crippen LogP contribution in [0, 0.1) is 0 Å². The zero-order valence-corrected chi connectivity index (χ0v) is 13.0. The van der Waals surface area contributed by atoms with E-state index in [0.29, 0.717) is 6.04 Å². The molecule has 0 radical (unpaired) electrons. The van der Waals surface area contributed by atoms with Crippen molar-refractivity contribution in [3.63, 3.8) is 0 Å². The number of likely N-dealkylation sites (tertiary alicyclic amines) is 1. The molecular formula is C15H31N3O. The van der Waals surface area contributed by atoms with Gasteiger partial charge in [-0.15, -0.1) is 0 Å². The Labute approximate surface area is 118 Å². The van der Waals surface area contributed by atoms with Crippen LogP contribution in [0.2, 0.25) is 0 Å². The van der Waals surface area contributed by atoms with Gasteiger partial charge in [0.1, 0.15) is 0 Å². The van der Waals surface area contributed by atoms with E-state index < -0.39 is 0 Å². The van der Waals surface area contributed by atoms with Crippen molar-refractivity contribution in [1.82, 2.24) is 14.7 Å². The Morgan fingerprint density at radius 3 is 2.47 bits per heavy atom. The maximum Gasteiger partial charge on any atom is 0.0630 e. The molecule has 0 aromatic rings. The van der Waals surface area contributed by atoms with Crippen LogP contribution in [-0.2, 0) is 4.74 Å². The van der Waals surface area contributed by atoms with Gasteiger partial charge in [0, 0.05) is 38.8 Å². The molecule has 0 aromatic carbocycles. The molecule has 112 valence electrons. The number of hydrogen-bond acceptors (Lipinski definition) is 4. The van der Waals surface area contributed by atoms with Crippen molar-refractivity contribution < 1.29 is 4.74 Å².